The van der Waals surface area contributed by atoms with E-state index >= 15 is 0 Å². The van der Waals surface area contributed by atoms with E-state index in [1.165, 1.54) is 32.1 Å². The summed E-state index contributed by atoms with van der Waals surface area (Å²) in [6.07, 6.45) is 6.33. The van der Waals surface area contributed by atoms with Gasteiger partial charge in [-0.3, -0.25) is 4.79 Å². The molecule has 1 heterocycles. The molecule has 0 aromatic carbocycles. The van der Waals surface area contributed by atoms with Crippen LogP contribution in [0.1, 0.15) is 32.1 Å². The van der Waals surface area contributed by atoms with Crippen molar-refractivity contribution in [2.45, 2.75) is 38.1 Å². The molecule has 2 rings (SSSR count). The lowest BCUT2D eigenvalue weighted by Gasteiger charge is -2.34. The molecule has 1 saturated carbocycles. The Bertz CT molecular complexity index is 250. The fraction of sp³-hybridized carbons (Fsp3) is 0.917. The Morgan fingerprint density at radius 3 is 2.47 bits per heavy atom. The molecule has 1 aliphatic heterocycles. The van der Waals surface area contributed by atoms with E-state index in [1.807, 2.05) is 4.90 Å². The fourth-order valence-corrected chi connectivity index (χ4v) is 3.66. The van der Waals surface area contributed by atoms with Crippen LogP contribution in [0, 0.1) is 5.92 Å². The third kappa shape index (κ3) is 3.54. The predicted octanol–water partition coefficient (Wildman–Crippen LogP) is 1.31. The van der Waals surface area contributed by atoms with Gasteiger partial charge < -0.3 is 10.2 Å². The standard InChI is InChI=1S/C12H22IN3O/c13-15-11(10-4-2-1-3-5-10)12(17)16-8-6-14-7-9-16/h10-11,14-15H,1-9H2/t11-/m0/s1. The zero-order chi connectivity index (χ0) is 12.1. The Morgan fingerprint density at radius 1 is 1.24 bits per heavy atom. The molecule has 1 aliphatic carbocycles. The first-order valence-corrected chi connectivity index (χ1v) is 7.76. The van der Waals surface area contributed by atoms with Gasteiger partial charge in [0.2, 0.25) is 5.91 Å². The van der Waals surface area contributed by atoms with Crippen molar-refractivity contribution in [1.29, 1.82) is 0 Å². The highest BCUT2D eigenvalue weighted by atomic mass is 127. The number of piperazine rings is 1. The number of nitrogens with one attached hydrogen (secondary N) is 2. The Kier molecular flexibility index (Phi) is 5.49. The SMILES string of the molecule is O=C([C@@H](NI)C1CCCCC1)N1CCNCC1. The van der Waals surface area contributed by atoms with Crippen LogP contribution in [0.5, 0.6) is 0 Å². The summed E-state index contributed by atoms with van der Waals surface area (Å²) in [5.41, 5.74) is 0. The van der Waals surface area contributed by atoms with Crippen molar-refractivity contribution in [3.63, 3.8) is 0 Å². The molecule has 5 heteroatoms. The van der Waals surface area contributed by atoms with Gasteiger partial charge in [-0.25, -0.2) is 3.53 Å². The summed E-state index contributed by atoms with van der Waals surface area (Å²) in [6.45, 7) is 3.59. The molecule has 0 aromatic rings. The van der Waals surface area contributed by atoms with E-state index in [9.17, 15) is 4.79 Å². The number of carbonyl (C=O) groups is 1. The van der Waals surface area contributed by atoms with Crippen molar-refractivity contribution in [1.82, 2.24) is 13.7 Å². The van der Waals surface area contributed by atoms with Gasteiger partial charge >= 0.3 is 0 Å². The molecule has 98 valence electrons. The van der Waals surface area contributed by atoms with Crippen LogP contribution < -0.4 is 8.85 Å². The normalized spacial score (nSPS) is 24.6. The van der Waals surface area contributed by atoms with Crippen molar-refractivity contribution in [2.24, 2.45) is 5.92 Å². The van der Waals surface area contributed by atoms with Crippen LogP contribution in [0.15, 0.2) is 0 Å². The van der Waals surface area contributed by atoms with E-state index in [-0.39, 0.29) is 6.04 Å². The summed E-state index contributed by atoms with van der Waals surface area (Å²) in [6, 6.07) is 0.0361. The molecule has 0 radical (unpaired) electrons. The molecule has 1 amide bonds. The minimum Gasteiger partial charge on any atom is -0.339 e. The lowest BCUT2D eigenvalue weighted by atomic mass is 9.83. The lowest BCUT2D eigenvalue weighted by molar-refractivity contribution is -0.135. The third-order valence-corrected chi connectivity index (χ3v) is 4.60. The topological polar surface area (TPSA) is 44.4 Å². The zero-order valence-electron chi connectivity index (χ0n) is 10.3. The van der Waals surface area contributed by atoms with Crippen LogP contribution in [0.2, 0.25) is 0 Å². The van der Waals surface area contributed by atoms with Gasteiger partial charge in [-0.1, -0.05) is 19.3 Å². The van der Waals surface area contributed by atoms with Crippen molar-refractivity contribution >= 4 is 28.8 Å². The maximum atomic E-state index is 12.5. The molecule has 0 unspecified atom stereocenters. The Hall–Kier alpha value is 0.120. The van der Waals surface area contributed by atoms with Gasteiger partial charge in [-0.2, -0.15) is 0 Å². The van der Waals surface area contributed by atoms with Crippen molar-refractivity contribution in [3.8, 4) is 0 Å². The molecule has 2 N–H and O–H groups in total. The second-order valence-corrected chi connectivity index (χ2v) is 5.68. The number of halogens is 1. The van der Waals surface area contributed by atoms with Gasteiger partial charge in [0.15, 0.2) is 0 Å². The van der Waals surface area contributed by atoms with Gasteiger partial charge in [0, 0.05) is 49.0 Å². The van der Waals surface area contributed by atoms with Crippen LogP contribution in [0.4, 0.5) is 0 Å². The summed E-state index contributed by atoms with van der Waals surface area (Å²) in [7, 11) is 0. The van der Waals surface area contributed by atoms with Crippen LogP contribution in [0.3, 0.4) is 0 Å². The first-order valence-electron chi connectivity index (χ1n) is 6.68. The number of carbonyl (C=O) groups excluding carboxylic acids is 1. The monoisotopic (exact) mass is 351 g/mol. The summed E-state index contributed by atoms with van der Waals surface area (Å²) in [5, 5.41) is 3.29. The van der Waals surface area contributed by atoms with Crippen LogP contribution >= 0.6 is 22.9 Å². The number of rotatable bonds is 3. The van der Waals surface area contributed by atoms with Crippen LogP contribution in [-0.4, -0.2) is 43.0 Å². The van der Waals surface area contributed by atoms with E-state index in [1.54, 1.807) is 0 Å². The van der Waals surface area contributed by atoms with E-state index in [0.717, 1.165) is 26.2 Å². The highest BCUT2D eigenvalue weighted by Gasteiger charge is 2.32. The zero-order valence-corrected chi connectivity index (χ0v) is 12.4. The molecule has 0 bridgehead atoms. The number of amides is 1. The fourth-order valence-electron chi connectivity index (χ4n) is 2.89. The smallest absolute Gasteiger partial charge is 0.240 e. The maximum absolute atomic E-state index is 12.5. The average molecular weight is 351 g/mol. The molecule has 1 atom stereocenters. The van der Waals surface area contributed by atoms with Gasteiger partial charge in [-0.05, 0) is 18.8 Å². The van der Waals surface area contributed by atoms with Gasteiger partial charge in [0.25, 0.3) is 0 Å². The highest BCUT2D eigenvalue weighted by molar-refractivity contribution is 14.1. The number of hydrogen-bond donors (Lipinski definition) is 2. The molecule has 0 aromatic heterocycles. The minimum absolute atomic E-state index is 0.0361. The van der Waals surface area contributed by atoms with Crippen molar-refractivity contribution in [2.75, 3.05) is 26.2 Å². The summed E-state index contributed by atoms with van der Waals surface area (Å²) < 4.78 is 3.23. The predicted molar refractivity (Wildman–Crippen MR) is 77.0 cm³/mol. The average Bonchev–Trinajstić information content (AvgIpc) is 2.42. The quantitative estimate of drug-likeness (QED) is 0.595. The lowest BCUT2D eigenvalue weighted by Crippen LogP contribution is -2.53. The number of hydrogen-bond acceptors (Lipinski definition) is 3. The van der Waals surface area contributed by atoms with Crippen LogP contribution in [-0.2, 0) is 4.79 Å². The third-order valence-electron chi connectivity index (χ3n) is 3.93. The van der Waals surface area contributed by atoms with E-state index < -0.39 is 0 Å². The second-order valence-electron chi connectivity index (χ2n) is 5.06. The minimum atomic E-state index is 0.0361. The molecular formula is C12H22IN3O. The van der Waals surface area contributed by atoms with E-state index in [0.29, 0.717) is 11.8 Å². The highest BCUT2D eigenvalue weighted by Crippen LogP contribution is 2.27. The number of nitrogens with zero attached hydrogens (tertiary/aromatic N) is 1. The Balaban J connectivity index is 1.93. The second kappa shape index (κ2) is 6.89. The van der Waals surface area contributed by atoms with E-state index in [2.05, 4.69) is 31.7 Å². The summed E-state index contributed by atoms with van der Waals surface area (Å²) in [5.74, 6) is 0.857. The Labute approximate surface area is 117 Å². The van der Waals surface area contributed by atoms with Gasteiger partial charge in [0.05, 0.1) is 6.04 Å². The molecule has 17 heavy (non-hydrogen) atoms. The van der Waals surface area contributed by atoms with Crippen LogP contribution in [0.25, 0.3) is 0 Å². The molecule has 2 fully saturated rings. The van der Waals surface area contributed by atoms with Crippen molar-refractivity contribution in [3.05, 3.63) is 0 Å². The molecule has 2 aliphatic rings. The maximum Gasteiger partial charge on any atom is 0.240 e. The van der Waals surface area contributed by atoms with Crippen molar-refractivity contribution < 1.29 is 4.79 Å². The van der Waals surface area contributed by atoms with Gasteiger partial charge in [0.1, 0.15) is 0 Å². The Morgan fingerprint density at radius 2 is 1.88 bits per heavy atom. The summed E-state index contributed by atoms with van der Waals surface area (Å²) >= 11 is 2.15. The molecular weight excluding hydrogens is 329 g/mol. The molecule has 4 nitrogen and oxygen atoms in total. The largest absolute Gasteiger partial charge is 0.339 e. The molecule has 1 saturated heterocycles. The first-order chi connectivity index (χ1) is 8.33. The van der Waals surface area contributed by atoms with E-state index in [4.69, 9.17) is 0 Å². The summed E-state index contributed by atoms with van der Waals surface area (Å²) in [4.78, 5) is 14.5. The first kappa shape index (κ1) is 13.5. The molecule has 0 spiro atoms. The van der Waals surface area contributed by atoms with Gasteiger partial charge in [-0.15, -0.1) is 0 Å².